The smallest absolute Gasteiger partial charge is 0.242 e. The predicted molar refractivity (Wildman–Crippen MR) is 143 cm³/mol. The van der Waals surface area contributed by atoms with Crippen molar-refractivity contribution in [1.82, 2.24) is 10.6 Å². The van der Waals surface area contributed by atoms with Crippen LogP contribution in [0, 0.1) is 11.8 Å². The van der Waals surface area contributed by atoms with Crippen molar-refractivity contribution in [2.24, 2.45) is 11.8 Å². The summed E-state index contributed by atoms with van der Waals surface area (Å²) in [6, 6.07) is 9.53. The molecular weight excluding hydrogens is 444 g/mol. The second kappa shape index (κ2) is 17.0. The van der Waals surface area contributed by atoms with E-state index >= 15 is 0 Å². The molecule has 192 valence electrons. The highest BCUT2D eigenvalue weighted by Gasteiger charge is 2.31. The third-order valence-electron chi connectivity index (χ3n) is 7.09. The van der Waals surface area contributed by atoms with Crippen LogP contribution in [-0.4, -0.2) is 41.4 Å². The Morgan fingerprint density at radius 2 is 1.74 bits per heavy atom. The summed E-state index contributed by atoms with van der Waals surface area (Å²) in [5.41, 5.74) is 1.18. The summed E-state index contributed by atoms with van der Waals surface area (Å²) < 4.78 is 0. The van der Waals surface area contributed by atoms with E-state index in [4.69, 9.17) is 0 Å². The van der Waals surface area contributed by atoms with Crippen LogP contribution in [0.3, 0.4) is 0 Å². The lowest BCUT2D eigenvalue weighted by Gasteiger charge is -2.29. The van der Waals surface area contributed by atoms with Crippen LogP contribution in [0.1, 0.15) is 89.5 Å². The zero-order valence-electron chi connectivity index (χ0n) is 21.0. The van der Waals surface area contributed by atoms with Gasteiger partial charge >= 0.3 is 0 Å². The quantitative estimate of drug-likeness (QED) is 0.193. The maximum absolute atomic E-state index is 13.2. The third kappa shape index (κ3) is 10.8. The fourth-order valence-electron chi connectivity index (χ4n) is 4.96. The molecule has 0 bridgehead atoms. The molecule has 1 aliphatic rings. The number of hydrogen-bond acceptors (Lipinski definition) is 4. The molecule has 0 radical (unpaired) electrons. The van der Waals surface area contributed by atoms with Gasteiger partial charge in [-0.25, -0.2) is 0 Å². The van der Waals surface area contributed by atoms with Gasteiger partial charge in [-0.1, -0.05) is 101 Å². The zero-order chi connectivity index (χ0) is 24.6. The van der Waals surface area contributed by atoms with E-state index in [2.05, 4.69) is 42.3 Å². The molecule has 3 N–H and O–H groups in total. The number of hydrogen-bond donors (Lipinski definition) is 4. The van der Waals surface area contributed by atoms with Gasteiger partial charge in [0, 0.05) is 12.3 Å². The minimum atomic E-state index is -0.800. The van der Waals surface area contributed by atoms with E-state index in [1.807, 2.05) is 18.2 Å². The molecule has 1 aliphatic carbocycles. The Morgan fingerprint density at radius 1 is 1.03 bits per heavy atom. The van der Waals surface area contributed by atoms with Crippen LogP contribution in [0.4, 0.5) is 0 Å². The molecule has 2 unspecified atom stereocenters. The van der Waals surface area contributed by atoms with Crippen molar-refractivity contribution < 1.29 is 14.7 Å². The predicted octanol–water partition coefficient (Wildman–Crippen LogP) is 5.07. The molecule has 3 atom stereocenters. The van der Waals surface area contributed by atoms with E-state index in [0.717, 1.165) is 38.5 Å². The van der Waals surface area contributed by atoms with Gasteiger partial charge in [0.05, 0.1) is 12.0 Å². The number of benzene rings is 1. The van der Waals surface area contributed by atoms with Gasteiger partial charge in [0.25, 0.3) is 0 Å². The Labute approximate surface area is 212 Å². The van der Waals surface area contributed by atoms with Crippen LogP contribution in [-0.2, 0) is 16.0 Å². The van der Waals surface area contributed by atoms with Gasteiger partial charge in [0.15, 0.2) is 0 Å². The number of thiol groups is 1. The topological polar surface area (TPSA) is 78.4 Å². The zero-order valence-corrected chi connectivity index (χ0v) is 21.9. The van der Waals surface area contributed by atoms with Crippen LogP contribution >= 0.6 is 12.6 Å². The fourth-order valence-corrected chi connectivity index (χ4v) is 5.21. The summed E-state index contributed by atoms with van der Waals surface area (Å²) in [5, 5.41) is 16.6. The van der Waals surface area contributed by atoms with Crippen LogP contribution in [0.5, 0.6) is 0 Å². The normalized spacial score (nSPS) is 17.0. The van der Waals surface area contributed by atoms with Crippen molar-refractivity contribution >= 4 is 24.4 Å². The number of aliphatic hydroxyl groups is 1. The number of carbonyl (C=O) groups is 2. The number of rotatable bonds is 16. The van der Waals surface area contributed by atoms with E-state index in [1.165, 1.54) is 37.7 Å². The van der Waals surface area contributed by atoms with Crippen molar-refractivity contribution in [3.05, 3.63) is 35.9 Å². The van der Waals surface area contributed by atoms with Crippen molar-refractivity contribution in [2.45, 2.75) is 103 Å². The monoisotopic (exact) mass is 490 g/mol. The Hall–Kier alpha value is -1.53. The minimum absolute atomic E-state index is 0.114. The Bertz CT molecular complexity index is 694. The van der Waals surface area contributed by atoms with Crippen molar-refractivity contribution in [1.29, 1.82) is 0 Å². The standard InChI is InChI=1S/C28H46N2O3S/c1-2-3-4-5-12-17-24(26(31)21-34)27(32)30-25(20-23-15-10-7-11-16-23)28(33)29-19-18-22-13-8-6-9-14-22/h6,8-9,13-14,23-26,31,34H,2-5,7,10-12,15-21H2,1H3,(H,29,33)(H,30,32)/t24?,25-,26?/m0/s1. The van der Waals surface area contributed by atoms with Gasteiger partial charge in [-0.05, 0) is 30.7 Å². The van der Waals surface area contributed by atoms with Crippen LogP contribution in [0.2, 0.25) is 0 Å². The molecule has 0 heterocycles. The van der Waals surface area contributed by atoms with Gasteiger partial charge in [0.1, 0.15) is 6.04 Å². The lowest BCUT2D eigenvalue weighted by molar-refractivity contribution is -0.133. The van der Waals surface area contributed by atoms with Gasteiger partial charge in [-0.15, -0.1) is 0 Å². The van der Waals surface area contributed by atoms with E-state index in [0.29, 0.717) is 25.3 Å². The summed E-state index contributed by atoms with van der Waals surface area (Å²) in [4.78, 5) is 26.4. The molecule has 1 fully saturated rings. The molecule has 2 amide bonds. The molecule has 0 aliphatic heterocycles. The molecule has 1 saturated carbocycles. The average Bonchev–Trinajstić information content (AvgIpc) is 2.86. The number of amides is 2. The first-order valence-electron chi connectivity index (χ1n) is 13.5. The van der Waals surface area contributed by atoms with Crippen molar-refractivity contribution in [3.63, 3.8) is 0 Å². The third-order valence-corrected chi connectivity index (χ3v) is 7.46. The van der Waals surface area contributed by atoms with Gasteiger partial charge < -0.3 is 15.7 Å². The second-order valence-corrected chi connectivity index (χ2v) is 10.3. The molecule has 1 aromatic carbocycles. The Morgan fingerprint density at radius 3 is 2.41 bits per heavy atom. The number of aliphatic hydroxyl groups excluding tert-OH is 1. The van der Waals surface area contributed by atoms with E-state index < -0.39 is 18.1 Å². The molecule has 0 spiro atoms. The summed E-state index contributed by atoms with van der Waals surface area (Å²) in [6.45, 7) is 2.72. The molecule has 5 nitrogen and oxygen atoms in total. The maximum atomic E-state index is 13.2. The molecule has 2 rings (SSSR count). The molecule has 0 saturated heterocycles. The fraction of sp³-hybridized carbons (Fsp3) is 0.714. The van der Waals surface area contributed by atoms with Crippen molar-refractivity contribution in [3.8, 4) is 0 Å². The Kier molecular flexibility index (Phi) is 14.3. The van der Waals surface area contributed by atoms with E-state index in [-0.39, 0.29) is 17.6 Å². The van der Waals surface area contributed by atoms with Gasteiger partial charge in [-0.3, -0.25) is 9.59 Å². The summed E-state index contributed by atoms with van der Waals surface area (Å²) in [7, 11) is 0. The summed E-state index contributed by atoms with van der Waals surface area (Å²) in [5.74, 6) is -0.150. The van der Waals surface area contributed by atoms with Gasteiger partial charge in [-0.2, -0.15) is 12.6 Å². The molecule has 1 aromatic rings. The number of unbranched alkanes of at least 4 members (excludes halogenated alkanes) is 4. The SMILES string of the molecule is CCCCCCCC(C(=O)N[C@@H](CC1CCCCC1)C(=O)NCCc1ccccc1)C(O)CS. The number of nitrogens with one attached hydrogen (secondary N) is 2. The maximum Gasteiger partial charge on any atom is 0.242 e. The first-order chi connectivity index (χ1) is 16.5. The summed E-state index contributed by atoms with van der Waals surface area (Å²) >= 11 is 4.24. The first kappa shape index (κ1) is 28.7. The van der Waals surface area contributed by atoms with Crippen molar-refractivity contribution in [2.75, 3.05) is 12.3 Å². The van der Waals surface area contributed by atoms with E-state index in [9.17, 15) is 14.7 Å². The molecular formula is C28H46N2O3S. The minimum Gasteiger partial charge on any atom is -0.391 e. The van der Waals surface area contributed by atoms with E-state index in [1.54, 1.807) is 0 Å². The Balaban J connectivity index is 1.97. The highest BCUT2D eigenvalue weighted by atomic mass is 32.1. The number of carbonyl (C=O) groups excluding carboxylic acids is 2. The highest BCUT2D eigenvalue weighted by Crippen LogP contribution is 2.28. The van der Waals surface area contributed by atoms with Crippen LogP contribution in [0.15, 0.2) is 30.3 Å². The largest absolute Gasteiger partial charge is 0.391 e. The molecule has 6 heteroatoms. The van der Waals surface area contributed by atoms with Gasteiger partial charge in [0.2, 0.25) is 11.8 Å². The molecule has 0 aromatic heterocycles. The second-order valence-electron chi connectivity index (χ2n) is 9.89. The lowest BCUT2D eigenvalue weighted by atomic mass is 9.84. The first-order valence-corrected chi connectivity index (χ1v) is 14.1. The molecule has 34 heavy (non-hydrogen) atoms. The average molecular weight is 491 g/mol. The highest BCUT2D eigenvalue weighted by molar-refractivity contribution is 7.80. The summed E-state index contributed by atoms with van der Waals surface area (Å²) in [6.07, 6.45) is 12.6. The lowest BCUT2D eigenvalue weighted by Crippen LogP contribution is -2.51. The van der Waals surface area contributed by atoms with Crippen LogP contribution < -0.4 is 10.6 Å². The van der Waals surface area contributed by atoms with Crippen LogP contribution in [0.25, 0.3) is 0 Å².